The monoisotopic (exact) mass is 936 g/mol. The molecule has 1 saturated heterocycles. The Morgan fingerprint density at radius 2 is 1.07 bits per heavy atom. The molecule has 0 bridgehead atoms. The highest BCUT2D eigenvalue weighted by molar-refractivity contribution is 6.92. The van der Waals surface area contributed by atoms with Gasteiger partial charge in [-0.2, -0.15) is 0 Å². The standard InChI is InChI=1S/C39H80O12Si7/c1-43-57(44-40,38-30-18-8-19-31-38)50-56(42,37-28-16-7-17-29-37)51-58(39-32-20-9-21-33-39)48-54(3,35-24-12-5-13-25-35)46-53(45-52(2)34-22-10-4-11-23-34)47-55(41,49-58)36-26-14-6-15-27-36/h34-42,52-53H,4-33H2,1-3H3. The first-order chi connectivity index (χ1) is 28.0. The predicted molar refractivity (Wildman–Crippen MR) is 239 cm³/mol. The van der Waals surface area contributed by atoms with Gasteiger partial charge in [-0.05, 0) is 82.8 Å². The van der Waals surface area contributed by atoms with Crippen molar-refractivity contribution in [1.29, 1.82) is 0 Å². The Hall–Kier alpha value is 1.04. The minimum absolute atomic E-state index is 0.157. The van der Waals surface area contributed by atoms with E-state index in [1.54, 1.807) is 7.11 Å². The second-order valence-corrected chi connectivity index (χ2v) is 40.4. The molecule has 58 heavy (non-hydrogen) atoms. The van der Waals surface area contributed by atoms with Gasteiger partial charge in [0.2, 0.25) is 0 Å². The van der Waals surface area contributed by atoms with Gasteiger partial charge in [0.15, 0.2) is 9.04 Å². The average Bonchev–Trinajstić information content (AvgIpc) is 3.27. The molecule has 0 spiro atoms. The summed E-state index contributed by atoms with van der Waals surface area (Å²) in [7, 11) is -23.1. The summed E-state index contributed by atoms with van der Waals surface area (Å²) in [6, 6.07) is 0. The van der Waals surface area contributed by atoms with Crippen molar-refractivity contribution >= 4 is 62.3 Å². The molecular formula is C39H80O12Si7. The van der Waals surface area contributed by atoms with Crippen LogP contribution in [0.15, 0.2) is 0 Å². The van der Waals surface area contributed by atoms with E-state index in [1.165, 1.54) is 38.5 Å². The van der Waals surface area contributed by atoms with Crippen molar-refractivity contribution in [2.75, 3.05) is 7.11 Å². The molecule has 7 aliphatic rings. The van der Waals surface area contributed by atoms with Crippen LogP contribution in [-0.2, 0) is 37.8 Å². The molecule has 7 atom stereocenters. The van der Waals surface area contributed by atoms with Gasteiger partial charge in [-0.3, -0.25) is 5.26 Å². The van der Waals surface area contributed by atoms with Crippen LogP contribution < -0.4 is 0 Å². The van der Waals surface area contributed by atoms with E-state index < -0.39 is 62.3 Å². The van der Waals surface area contributed by atoms with Crippen molar-refractivity contribution in [3.05, 3.63) is 0 Å². The van der Waals surface area contributed by atoms with Crippen LogP contribution in [0.25, 0.3) is 0 Å². The molecule has 7 unspecified atom stereocenters. The summed E-state index contributed by atoms with van der Waals surface area (Å²) in [6.07, 6.45) is 30.3. The molecule has 0 radical (unpaired) electrons. The third-order valence-electron chi connectivity index (χ3n) is 15.7. The summed E-state index contributed by atoms with van der Waals surface area (Å²) >= 11 is 0. The van der Waals surface area contributed by atoms with Crippen molar-refractivity contribution in [3.8, 4) is 0 Å². The third-order valence-corrected chi connectivity index (χ3v) is 44.0. The summed E-state index contributed by atoms with van der Waals surface area (Å²) in [4.78, 5) is 27.1. The molecule has 336 valence electrons. The van der Waals surface area contributed by atoms with Gasteiger partial charge in [0.1, 0.15) is 0 Å². The molecule has 7 rings (SSSR count). The van der Waals surface area contributed by atoms with Gasteiger partial charge in [0.05, 0.1) is 0 Å². The first-order valence-corrected chi connectivity index (χ1v) is 37.6. The zero-order valence-electron chi connectivity index (χ0n) is 36.3. The Labute approximate surface area is 359 Å². The van der Waals surface area contributed by atoms with E-state index >= 15 is 0 Å². The van der Waals surface area contributed by atoms with Gasteiger partial charge in [-0.25, -0.2) is 4.58 Å². The van der Waals surface area contributed by atoms with Crippen LogP contribution in [0.2, 0.25) is 46.3 Å². The Morgan fingerprint density at radius 3 is 1.59 bits per heavy atom. The maximum atomic E-state index is 13.6. The van der Waals surface area contributed by atoms with Gasteiger partial charge < -0.3 is 42.8 Å². The molecule has 6 aliphatic carbocycles. The molecule has 0 aromatic heterocycles. The highest BCUT2D eigenvalue weighted by atomic mass is 28.6. The lowest BCUT2D eigenvalue weighted by molar-refractivity contribution is -0.194. The van der Waals surface area contributed by atoms with Gasteiger partial charge in [-0.1, -0.05) is 128 Å². The maximum Gasteiger partial charge on any atom is 0.525 e. The first kappa shape index (κ1) is 47.0. The topological polar surface area (TPSA) is 144 Å². The van der Waals surface area contributed by atoms with Crippen molar-refractivity contribution in [1.82, 2.24) is 0 Å². The zero-order valence-corrected chi connectivity index (χ0v) is 43.7. The van der Waals surface area contributed by atoms with Crippen LogP contribution in [0.5, 0.6) is 0 Å². The molecule has 6 saturated carbocycles. The smallest absolute Gasteiger partial charge is 0.421 e. The van der Waals surface area contributed by atoms with Crippen LogP contribution >= 0.6 is 0 Å². The summed E-state index contributed by atoms with van der Waals surface area (Å²) < 4.78 is 63.9. The first-order valence-electron chi connectivity index (χ1n) is 24.2. The molecule has 7 fully saturated rings. The van der Waals surface area contributed by atoms with Crippen LogP contribution in [-0.4, -0.2) is 84.3 Å². The Morgan fingerprint density at radius 1 is 0.603 bits per heavy atom. The van der Waals surface area contributed by atoms with E-state index in [4.69, 9.17) is 37.8 Å². The molecular weight excluding hydrogens is 857 g/mol. The number of rotatable bonds is 14. The molecule has 3 N–H and O–H groups in total. The van der Waals surface area contributed by atoms with E-state index in [1.807, 2.05) is 0 Å². The van der Waals surface area contributed by atoms with Crippen LogP contribution in [0.3, 0.4) is 0 Å². The fraction of sp³-hybridized carbons (Fsp3) is 1.00. The fourth-order valence-corrected chi connectivity index (χ4v) is 44.8. The lowest BCUT2D eigenvalue weighted by atomic mass is 10.0. The molecule has 0 amide bonds. The summed E-state index contributed by atoms with van der Waals surface area (Å²) in [5, 5.41) is 10.8. The van der Waals surface area contributed by atoms with Crippen LogP contribution in [0, 0.1) is 0 Å². The summed E-state index contributed by atoms with van der Waals surface area (Å²) in [6.45, 7) is 4.53. The highest BCUT2D eigenvalue weighted by Gasteiger charge is 2.71. The van der Waals surface area contributed by atoms with E-state index in [2.05, 4.69) is 13.1 Å². The number of hydrogen-bond acceptors (Lipinski definition) is 12. The quantitative estimate of drug-likeness (QED) is 0.0867. The van der Waals surface area contributed by atoms with Gasteiger partial charge in [-0.15, -0.1) is 0 Å². The Kier molecular flexibility index (Phi) is 17.3. The van der Waals surface area contributed by atoms with Crippen molar-refractivity contribution < 1.29 is 52.7 Å². The Bertz CT molecular complexity index is 1210. The van der Waals surface area contributed by atoms with Crippen molar-refractivity contribution in [2.45, 2.75) is 239 Å². The van der Waals surface area contributed by atoms with Gasteiger partial charge >= 0.3 is 53.3 Å². The molecule has 0 aromatic rings. The fourth-order valence-electron chi connectivity index (χ4n) is 12.0. The second-order valence-electron chi connectivity index (χ2n) is 19.6. The lowest BCUT2D eigenvalue weighted by Gasteiger charge is -2.54. The molecule has 1 heterocycles. The maximum absolute atomic E-state index is 13.6. The van der Waals surface area contributed by atoms with Gasteiger partial charge in [0, 0.05) is 34.8 Å². The van der Waals surface area contributed by atoms with Crippen LogP contribution in [0.4, 0.5) is 0 Å². The van der Waals surface area contributed by atoms with E-state index in [-0.39, 0.29) is 27.7 Å². The minimum atomic E-state index is -4.41. The lowest BCUT2D eigenvalue weighted by Crippen LogP contribution is -2.75. The molecule has 12 nitrogen and oxygen atoms in total. The molecule has 0 aromatic carbocycles. The van der Waals surface area contributed by atoms with E-state index in [0.29, 0.717) is 5.54 Å². The zero-order chi connectivity index (χ0) is 40.7. The van der Waals surface area contributed by atoms with E-state index in [9.17, 15) is 14.8 Å². The van der Waals surface area contributed by atoms with E-state index in [0.717, 1.165) is 154 Å². The second kappa shape index (κ2) is 21.4. The molecule has 1 aliphatic heterocycles. The van der Waals surface area contributed by atoms with Gasteiger partial charge in [0.25, 0.3) is 0 Å². The van der Waals surface area contributed by atoms with Crippen LogP contribution in [0.1, 0.15) is 193 Å². The Balaban J connectivity index is 1.34. The third kappa shape index (κ3) is 11.1. The summed E-state index contributed by atoms with van der Waals surface area (Å²) in [5.41, 5.74) is -0.0377. The SMILES string of the molecule is CO[Si](OO)(O[Si](O)(O[Si]1(C2CCCCC2)O[Si](C)(C2CCCCC2)O[SiH](O[SiH](C)C2CCCCC2)O[Si](O)(C2CCCCC2)O1)C1CCCCC1)C1CCCCC1. The average molecular weight is 938 g/mol. The van der Waals surface area contributed by atoms with Crippen molar-refractivity contribution in [2.24, 2.45) is 0 Å². The highest BCUT2D eigenvalue weighted by Crippen LogP contribution is 2.53. The summed E-state index contributed by atoms with van der Waals surface area (Å²) in [5.74, 6) is 0. The normalized spacial score (nSPS) is 37.0. The largest absolute Gasteiger partial charge is 0.525 e. The predicted octanol–water partition coefficient (Wildman–Crippen LogP) is 10.1. The minimum Gasteiger partial charge on any atom is -0.421 e. The number of hydrogen-bond donors (Lipinski definition) is 3. The van der Waals surface area contributed by atoms with Crippen molar-refractivity contribution in [3.63, 3.8) is 0 Å². The molecule has 19 heteroatoms.